The predicted octanol–water partition coefficient (Wildman–Crippen LogP) is 3.20. The van der Waals surface area contributed by atoms with E-state index in [1.807, 2.05) is 0 Å². The first-order chi connectivity index (χ1) is 15.0. The van der Waals surface area contributed by atoms with Crippen molar-refractivity contribution in [1.29, 1.82) is 0 Å². The molecule has 4 rings (SSSR count). The molecule has 31 heavy (non-hydrogen) atoms. The number of amides is 3. The Morgan fingerprint density at radius 3 is 2.39 bits per heavy atom. The molecule has 0 saturated carbocycles. The SMILES string of the molecule is COc1cccc(C(=O)N2CCN(C(=O)c3ccc(NC(=O)c4ccco4)s3)CC2)c1. The van der Waals surface area contributed by atoms with Gasteiger partial charge >= 0.3 is 0 Å². The Labute approximate surface area is 183 Å². The molecular weight excluding hydrogens is 418 g/mol. The average molecular weight is 439 g/mol. The van der Waals surface area contributed by atoms with Gasteiger partial charge in [0.05, 0.1) is 23.3 Å². The summed E-state index contributed by atoms with van der Waals surface area (Å²) in [4.78, 5) is 41.6. The van der Waals surface area contributed by atoms with E-state index in [4.69, 9.17) is 9.15 Å². The van der Waals surface area contributed by atoms with Crippen LogP contribution in [0.1, 0.15) is 30.6 Å². The van der Waals surface area contributed by atoms with Gasteiger partial charge in [-0.2, -0.15) is 0 Å². The third kappa shape index (κ3) is 4.61. The molecule has 160 valence electrons. The third-order valence-electron chi connectivity index (χ3n) is 4.97. The van der Waals surface area contributed by atoms with Gasteiger partial charge in [0, 0.05) is 31.7 Å². The highest BCUT2D eigenvalue weighted by Crippen LogP contribution is 2.25. The monoisotopic (exact) mass is 439 g/mol. The van der Waals surface area contributed by atoms with Gasteiger partial charge in [0.1, 0.15) is 5.75 Å². The van der Waals surface area contributed by atoms with Crippen LogP contribution in [0, 0.1) is 0 Å². The maximum atomic E-state index is 12.8. The lowest BCUT2D eigenvalue weighted by molar-refractivity contribution is 0.0538. The zero-order valence-corrected chi connectivity index (χ0v) is 17.7. The van der Waals surface area contributed by atoms with Crippen molar-refractivity contribution in [3.05, 3.63) is 71.0 Å². The van der Waals surface area contributed by atoms with E-state index in [1.165, 1.54) is 17.6 Å². The molecule has 3 amide bonds. The summed E-state index contributed by atoms with van der Waals surface area (Å²) >= 11 is 1.21. The molecule has 0 spiro atoms. The van der Waals surface area contributed by atoms with Crippen LogP contribution in [0.3, 0.4) is 0 Å². The van der Waals surface area contributed by atoms with Crippen LogP contribution < -0.4 is 10.1 Å². The number of benzene rings is 1. The van der Waals surface area contributed by atoms with E-state index >= 15 is 0 Å². The Kier molecular flexibility index (Phi) is 6.03. The van der Waals surface area contributed by atoms with Gasteiger partial charge in [0.25, 0.3) is 17.7 Å². The summed E-state index contributed by atoms with van der Waals surface area (Å²) in [6.07, 6.45) is 1.43. The molecule has 0 bridgehead atoms. The van der Waals surface area contributed by atoms with Crippen LogP contribution in [0.15, 0.2) is 59.2 Å². The minimum absolute atomic E-state index is 0.0787. The average Bonchev–Trinajstić information content (AvgIpc) is 3.51. The van der Waals surface area contributed by atoms with Crippen molar-refractivity contribution >= 4 is 34.1 Å². The summed E-state index contributed by atoms with van der Waals surface area (Å²) in [5.74, 6) is 0.281. The van der Waals surface area contributed by atoms with E-state index in [0.29, 0.717) is 47.4 Å². The smallest absolute Gasteiger partial charge is 0.291 e. The van der Waals surface area contributed by atoms with Gasteiger partial charge in [-0.15, -0.1) is 11.3 Å². The van der Waals surface area contributed by atoms with E-state index in [0.717, 1.165) is 0 Å². The number of piperazine rings is 1. The van der Waals surface area contributed by atoms with Gasteiger partial charge in [0.15, 0.2) is 5.76 Å². The summed E-state index contributed by atoms with van der Waals surface area (Å²) in [5, 5.41) is 3.29. The fraction of sp³-hybridized carbons (Fsp3) is 0.227. The molecule has 0 aliphatic carbocycles. The summed E-state index contributed by atoms with van der Waals surface area (Å²) in [5.41, 5.74) is 0.564. The molecule has 1 aliphatic heterocycles. The molecular formula is C22H21N3O5S. The highest BCUT2D eigenvalue weighted by Gasteiger charge is 2.26. The van der Waals surface area contributed by atoms with E-state index in [2.05, 4.69) is 5.32 Å². The lowest BCUT2D eigenvalue weighted by atomic mass is 10.1. The lowest BCUT2D eigenvalue weighted by Crippen LogP contribution is -2.50. The summed E-state index contributed by atoms with van der Waals surface area (Å²) in [6.45, 7) is 1.80. The minimum Gasteiger partial charge on any atom is -0.497 e. The number of thiophene rings is 1. The van der Waals surface area contributed by atoms with Crippen molar-refractivity contribution in [2.75, 3.05) is 38.6 Å². The van der Waals surface area contributed by atoms with Crippen LogP contribution in [-0.2, 0) is 0 Å². The first-order valence-electron chi connectivity index (χ1n) is 9.72. The number of carbonyl (C=O) groups is 3. The topological polar surface area (TPSA) is 92.1 Å². The minimum atomic E-state index is -0.365. The maximum Gasteiger partial charge on any atom is 0.291 e. The Hall–Kier alpha value is -3.59. The molecule has 3 aromatic rings. The number of furan rings is 1. The van der Waals surface area contributed by atoms with Gasteiger partial charge in [-0.1, -0.05) is 6.07 Å². The first-order valence-corrected chi connectivity index (χ1v) is 10.5. The molecule has 9 heteroatoms. The second-order valence-electron chi connectivity index (χ2n) is 6.91. The number of nitrogens with zero attached hydrogens (tertiary/aromatic N) is 2. The van der Waals surface area contributed by atoms with Crippen molar-refractivity contribution < 1.29 is 23.5 Å². The van der Waals surface area contributed by atoms with E-state index < -0.39 is 0 Å². The number of anilines is 1. The van der Waals surface area contributed by atoms with E-state index in [1.54, 1.807) is 65.4 Å². The molecule has 8 nitrogen and oxygen atoms in total. The van der Waals surface area contributed by atoms with Crippen LogP contribution in [0.4, 0.5) is 5.00 Å². The molecule has 1 aliphatic rings. The predicted molar refractivity (Wildman–Crippen MR) is 116 cm³/mol. The number of ether oxygens (including phenoxy) is 1. The van der Waals surface area contributed by atoms with Crippen LogP contribution in [-0.4, -0.2) is 60.8 Å². The van der Waals surface area contributed by atoms with Crippen molar-refractivity contribution in [2.24, 2.45) is 0 Å². The Morgan fingerprint density at radius 1 is 0.968 bits per heavy atom. The van der Waals surface area contributed by atoms with Crippen molar-refractivity contribution in [2.45, 2.75) is 0 Å². The summed E-state index contributed by atoms with van der Waals surface area (Å²) in [6, 6.07) is 13.6. The summed E-state index contributed by atoms with van der Waals surface area (Å²) < 4.78 is 10.3. The molecule has 3 heterocycles. The van der Waals surface area contributed by atoms with Gasteiger partial charge in [0.2, 0.25) is 0 Å². The lowest BCUT2D eigenvalue weighted by Gasteiger charge is -2.34. The molecule has 1 saturated heterocycles. The number of carbonyl (C=O) groups excluding carboxylic acids is 3. The van der Waals surface area contributed by atoms with Crippen LogP contribution in [0.2, 0.25) is 0 Å². The molecule has 0 unspecified atom stereocenters. The van der Waals surface area contributed by atoms with Crippen LogP contribution in [0.25, 0.3) is 0 Å². The van der Waals surface area contributed by atoms with E-state index in [9.17, 15) is 14.4 Å². The Balaban J connectivity index is 1.33. The third-order valence-corrected chi connectivity index (χ3v) is 5.96. The number of methoxy groups -OCH3 is 1. The highest BCUT2D eigenvalue weighted by atomic mass is 32.1. The van der Waals surface area contributed by atoms with Gasteiger partial charge in [-0.3, -0.25) is 14.4 Å². The second kappa shape index (κ2) is 9.05. The molecule has 1 N–H and O–H groups in total. The fourth-order valence-electron chi connectivity index (χ4n) is 3.31. The second-order valence-corrected chi connectivity index (χ2v) is 8.00. The molecule has 0 radical (unpaired) electrons. The normalized spacial score (nSPS) is 13.7. The standard InChI is InChI=1S/C22H21N3O5S/c1-29-16-5-2-4-15(14-16)21(27)24-9-11-25(12-10-24)22(28)18-7-8-19(31-18)23-20(26)17-6-3-13-30-17/h2-8,13-14H,9-12H2,1H3,(H,23,26). The number of rotatable bonds is 5. The molecule has 1 aromatic carbocycles. The maximum absolute atomic E-state index is 12.8. The molecule has 0 atom stereocenters. The van der Waals surface area contributed by atoms with Crippen molar-refractivity contribution in [3.63, 3.8) is 0 Å². The summed E-state index contributed by atoms with van der Waals surface area (Å²) in [7, 11) is 1.56. The molecule has 2 aromatic heterocycles. The van der Waals surface area contributed by atoms with Gasteiger partial charge in [-0.25, -0.2) is 0 Å². The first kappa shape index (κ1) is 20.7. The zero-order valence-electron chi connectivity index (χ0n) is 16.9. The Morgan fingerprint density at radius 2 is 1.71 bits per heavy atom. The van der Waals surface area contributed by atoms with E-state index in [-0.39, 0.29) is 23.5 Å². The number of hydrogen-bond donors (Lipinski definition) is 1. The Bertz CT molecular complexity index is 1080. The number of hydrogen-bond acceptors (Lipinski definition) is 6. The fourth-order valence-corrected chi connectivity index (χ4v) is 4.18. The largest absolute Gasteiger partial charge is 0.497 e. The van der Waals surface area contributed by atoms with Crippen molar-refractivity contribution in [1.82, 2.24) is 9.80 Å². The highest BCUT2D eigenvalue weighted by molar-refractivity contribution is 7.18. The van der Waals surface area contributed by atoms with Crippen molar-refractivity contribution in [3.8, 4) is 5.75 Å². The van der Waals surface area contributed by atoms with Crippen LogP contribution >= 0.6 is 11.3 Å². The number of nitrogens with one attached hydrogen (secondary N) is 1. The van der Waals surface area contributed by atoms with Gasteiger partial charge in [-0.05, 0) is 42.5 Å². The zero-order chi connectivity index (χ0) is 21.8. The van der Waals surface area contributed by atoms with Gasteiger partial charge < -0.3 is 24.3 Å². The quantitative estimate of drug-likeness (QED) is 0.659. The van der Waals surface area contributed by atoms with Crippen LogP contribution in [0.5, 0.6) is 5.75 Å². The molecule has 1 fully saturated rings.